The molecule has 2 N–H and O–H groups in total. The third-order valence-corrected chi connectivity index (χ3v) is 4.49. The summed E-state index contributed by atoms with van der Waals surface area (Å²) < 4.78 is 8.49. The Morgan fingerprint density at radius 1 is 1.35 bits per heavy atom. The summed E-state index contributed by atoms with van der Waals surface area (Å²) in [6.07, 6.45) is 0.573. The van der Waals surface area contributed by atoms with E-state index in [4.69, 9.17) is 10.5 Å². The number of hydrogen-bond donors (Lipinski definition) is 1. The van der Waals surface area contributed by atoms with Gasteiger partial charge in [0.2, 0.25) is 0 Å². The fourth-order valence-corrected chi connectivity index (χ4v) is 2.93. The van der Waals surface area contributed by atoms with Crippen molar-refractivity contribution in [2.75, 3.05) is 7.11 Å². The highest BCUT2D eigenvalue weighted by atomic mass is 79.9. The molecule has 2 atom stereocenters. The van der Waals surface area contributed by atoms with Gasteiger partial charge >= 0.3 is 0 Å². The van der Waals surface area contributed by atoms with Crippen LogP contribution < -0.4 is 5.73 Å². The first kappa shape index (κ1) is 15.2. The highest BCUT2D eigenvalue weighted by molar-refractivity contribution is 9.10. The van der Waals surface area contributed by atoms with E-state index in [1.54, 1.807) is 7.11 Å². The number of aryl methyl sites for hydroxylation is 2. The van der Waals surface area contributed by atoms with E-state index < -0.39 is 0 Å². The summed E-state index contributed by atoms with van der Waals surface area (Å²) in [4.78, 5) is 0. The van der Waals surface area contributed by atoms with Gasteiger partial charge in [0.1, 0.15) is 0 Å². The molecule has 20 heavy (non-hydrogen) atoms. The van der Waals surface area contributed by atoms with Crippen LogP contribution in [0.2, 0.25) is 0 Å². The summed E-state index contributed by atoms with van der Waals surface area (Å²) >= 11 is 3.58. The Labute approximate surface area is 128 Å². The molecule has 5 heteroatoms. The molecule has 2 rings (SSSR count). The molecule has 1 aromatic heterocycles. The number of nitrogens with two attached hydrogens (primary N) is 1. The second-order valence-electron chi connectivity index (χ2n) is 4.90. The van der Waals surface area contributed by atoms with E-state index in [1.807, 2.05) is 49.0 Å². The van der Waals surface area contributed by atoms with Gasteiger partial charge < -0.3 is 10.5 Å². The van der Waals surface area contributed by atoms with Crippen LogP contribution >= 0.6 is 15.9 Å². The molecule has 1 heterocycles. The minimum atomic E-state index is -0.131. The van der Waals surface area contributed by atoms with Crippen molar-refractivity contribution in [1.82, 2.24) is 9.78 Å². The second-order valence-corrected chi connectivity index (χ2v) is 5.70. The van der Waals surface area contributed by atoms with Crippen LogP contribution in [0.3, 0.4) is 0 Å². The number of methoxy groups -OCH3 is 1. The Hall–Kier alpha value is -1.17. The lowest BCUT2D eigenvalue weighted by molar-refractivity contribution is 0.0797. The highest BCUT2D eigenvalue weighted by Gasteiger charge is 2.22. The molecule has 0 aliphatic carbocycles. The first-order valence-electron chi connectivity index (χ1n) is 6.56. The molecule has 0 fully saturated rings. The van der Waals surface area contributed by atoms with Crippen LogP contribution in [0.15, 0.2) is 34.8 Å². The molecule has 0 saturated heterocycles. The molecule has 0 bridgehead atoms. The van der Waals surface area contributed by atoms with E-state index in [-0.39, 0.29) is 12.1 Å². The summed E-state index contributed by atoms with van der Waals surface area (Å²) in [6.45, 7) is 1.98. The van der Waals surface area contributed by atoms with E-state index >= 15 is 0 Å². The van der Waals surface area contributed by atoms with E-state index in [0.29, 0.717) is 6.42 Å². The molecule has 2 unspecified atom stereocenters. The first-order valence-corrected chi connectivity index (χ1v) is 7.35. The maximum Gasteiger partial charge on any atom is 0.0975 e. The van der Waals surface area contributed by atoms with Crippen molar-refractivity contribution in [2.24, 2.45) is 12.8 Å². The summed E-state index contributed by atoms with van der Waals surface area (Å²) in [5.74, 6) is 0. The van der Waals surface area contributed by atoms with E-state index in [9.17, 15) is 0 Å². The van der Waals surface area contributed by atoms with Gasteiger partial charge in [-0.25, -0.2) is 0 Å². The molecular weight excluding hydrogens is 318 g/mol. The van der Waals surface area contributed by atoms with Gasteiger partial charge in [0.05, 0.1) is 22.0 Å². The molecular formula is C15H20BrN3O. The number of ether oxygens (including phenoxy) is 1. The van der Waals surface area contributed by atoms with E-state index in [1.165, 1.54) is 0 Å². The van der Waals surface area contributed by atoms with Crippen LogP contribution in [0, 0.1) is 6.92 Å². The van der Waals surface area contributed by atoms with Gasteiger partial charge in [-0.1, -0.05) is 30.3 Å². The standard InChI is InChI=1S/C15H20BrN3O/c1-10-14(16)13(19(2)18-10)9-12(17)15(20-3)11-7-5-4-6-8-11/h4-8,12,15H,9,17H2,1-3H3. The summed E-state index contributed by atoms with van der Waals surface area (Å²) in [6, 6.07) is 9.93. The van der Waals surface area contributed by atoms with E-state index in [2.05, 4.69) is 21.0 Å². The number of halogens is 1. The maximum atomic E-state index is 6.35. The Kier molecular flexibility index (Phi) is 4.96. The molecule has 0 saturated carbocycles. The molecule has 1 aromatic carbocycles. The zero-order valence-corrected chi connectivity index (χ0v) is 13.6. The third-order valence-electron chi connectivity index (χ3n) is 3.46. The van der Waals surface area contributed by atoms with Gasteiger partial charge in [-0.3, -0.25) is 4.68 Å². The molecule has 0 aliphatic heterocycles. The molecule has 0 aliphatic rings. The van der Waals surface area contributed by atoms with Crippen LogP contribution in [-0.2, 0) is 18.2 Å². The Morgan fingerprint density at radius 2 is 2.00 bits per heavy atom. The summed E-state index contributed by atoms with van der Waals surface area (Å²) in [5.41, 5.74) is 9.51. The summed E-state index contributed by atoms with van der Waals surface area (Å²) in [5, 5.41) is 4.39. The monoisotopic (exact) mass is 337 g/mol. The predicted octanol–water partition coefficient (Wildman–Crippen LogP) is 2.75. The number of nitrogens with zero attached hydrogens (tertiary/aromatic N) is 2. The lowest BCUT2D eigenvalue weighted by Crippen LogP contribution is -2.32. The molecule has 0 amide bonds. The van der Waals surface area contributed by atoms with Crippen LogP contribution in [-0.4, -0.2) is 22.9 Å². The van der Waals surface area contributed by atoms with Crippen molar-refractivity contribution in [3.63, 3.8) is 0 Å². The second kappa shape index (κ2) is 6.52. The molecule has 0 radical (unpaired) electrons. The largest absolute Gasteiger partial charge is 0.375 e. The van der Waals surface area contributed by atoms with Gasteiger partial charge in [-0.15, -0.1) is 0 Å². The van der Waals surface area contributed by atoms with Crippen LogP contribution in [0.4, 0.5) is 0 Å². The minimum absolute atomic E-state index is 0.127. The fourth-order valence-electron chi connectivity index (χ4n) is 2.43. The highest BCUT2D eigenvalue weighted by Crippen LogP contribution is 2.26. The lowest BCUT2D eigenvalue weighted by Gasteiger charge is -2.23. The van der Waals surface area contributed by atoms with Gasteiger partial charge in [0, 0.05) is 26.6 Å². The normalized spacial score (nSPS) is 14.2. The average Bonchev–Trinajstić information content (AvgIpc) is 2.67. The van der Waals surface area contributed by atoms with Gasteiger partial charge in [0.15, 0.2) is 0 Å². The quantitative estimate of drug-likeness (QED) is 0.912. The van der Waals surface area contributed by atoms with Crippen molar-refractivity contribution >= 4 is 15.9 Å². The first-order chi connectivity index (χ1) is 9.54. The van der Waals surface area contributed by atoms with Crippen molar-refractivity contribution < 1.29 is 4.74 Å². The van der Waals surface area contributed by atoms with Crippen LogP contribution in [0.5, 0.6) is 0 Å². The van der Waals surface area contributed by atoms with Gasteiger partial charge in [-0.2, -0.15) is 5.10 Å². The zero-order valence-electron chi connectivity index (χ0n) is 12.0. The molecule has 2 aromatic rings. The SMILES string of the molecule is COC(c1ccccc1)C(N)Cc1c(Br)c(C)nn1C. The fraction of sp³-hybridized carbons (Fsp3) is 0.400. The number of aromatic nitrogens is 2. The summed E-state index contributed by atoms with van der Waals surface area (Å²) in [7, 11) is 3.63. The van der Waals surface area contributed by atoms with Crippen LogP contribution in [0.25, 0.3) is 0 Å². The van der Waals surface area contributed by atoms with Crippen LogP contribution in [0.1, 0.15) is 23.1 Å². The number of benzene rings is 1. The average molecular weight is 338 g/mol. The predicted molar refractivity (Wildman–Crippen MR) is 83.5 cm³/mol. The van der Waals surface area contributed by atoms with Crippen molar-refractivity contribution in [3.8, 4) is 0 Å². The van der Waals surface area contributed by atoms with Gasteiger partial charge in [0.25, 0.3) is 0 Å². The van der Waals surface area contributed by atoms with Crippen molar-refractivity contribution in [2.45, 2.75) is 25.5 Å². The van der Waals surface area contributed by atoms with Gasteiger partial charge in [-0.05, 0) is 28.4 Å². The number of hydrogen-bond acceptors (Lipinski definition) is 3. The Bertz CT molecular complexity index is 568. The minimum Gasteiger partial charge on any atom is -0.375 e. The van der Waals surface area contributed by atoms with Crippen molar-refractivity contribution in [1.29, 1.82) is 0 Å². The zero-order chi connectivity index (χ0) is 14.7. The maximum absolute atomic E-state index is 6.35. The Morgan fingerprint density at radius 3 is 2.50 bits per heavy atom. The smallest absolute Gasteiger partial charge is 0.0975 e. The Balaban J connectivity index is 2.20. The topological polar surface area (TPSA) is 53.1 Å². The molecule has 4 nitrogen and oxygen atoms in total. The molecule has 108 valence electrons. The third kappa shape index (κ3) is 3.11. The molecule has 0 spiro atoms. The van der Waals surface area contributed by atoms with E-state index in [0.717, 1.165) is 21.4 Å². The lowest BCUT2D eigenvalue weighted by atomic mass is 9.99. The number of rotatable bonds is 5. The van der Waals surface area contributed by atoms with Crippen molar-refractivity contribution in [3.05, 3.63) is 51.8 Å².